The van der Waals surface area contributed by atoms with Crippen LogP contribution in [0.3, 0.4) is 0 Å². The molecule has 2 N–H and O–H groups in total. The Hall–Kier alpha value is -0.730. The van der Waals surface area contributed by atoms with Crippen molar-refractivity contribution < 1.29 is 5.11 Å². The van der Waals surface area contributed by atoms with E-state index in [0.29, 0.717) is 5.92 Å². The van der Waals surface area contributed by atoms with Crippen molar-refractivity contribution in [1.82, 2.24) is 0 Å². The van der Waals surface area contributed by atoms with Gasteiger partial charge in [-0.1, -0.05) is 17.7 Å². The molecule has 0 aromatic heterocycles. The molecule has 3 unspecified atom stereocenters. The molecule has 0 aliphatic heterocycles. The molecule has 2 nitrogen and oxygen atoms in total. The summed E-state index contributed by atoms with van der Waals surface area (Å²) < 4.78 is 0. The Bertz CT molecular complexity index is 422. The van der Waals surface area contributed by atoms with E-state index in [0.717, 1.165) is 23.0 Å². The fraction of sp³-hybridized carbons (Fsp3) is 0.571. The lowest BCUT2D eigenvalue weighted by Crippen LogP contribution is -2.46. The Kier molecular flexibility index (Phi) is 2.80. The van der Waals surface area contributed by atoms with Crippen LogP contribution in [0, 0.1) is 11.8 Å². The van der Waals surface area contributed by atoms with Gasteiger partial charge in [-0.25, -0.2) is 0 Å². The highest BCUT2D eigenvalue weighted by atomic mass is 35.5. The maximum Gasteiger partial charge on any atom is 0.0664 e. The third-order valence-corrected chi connectivity index (χ3v) is 4.71. The summed E-state index contributed by atoms with van der Waals surface area (Å²) in [4.78, 5) is 0. The van der Waals surface area contributed by atoms with Gasteiger partial charge in [0, 0.05) is 10.7 Å². The molecule has 2 saturated carbocycles. The first-order valence-electron chi connectivity index (χ1n) is 6.36. The van der Waals surface area contributed by atoms with E-state index in [-0.39, 0.29) is 12.1 Å². The maximum absolute atomic E-state index is 9.77. The Morgan fingerprint density at radius 2 is 2.29 bits per heavy atom. The summed E-state index contributed by atoms with van der Waals surface area (Å²) in [6.07, 6.45) is 4.96. The summed E-state index contributed by atoms with van der Waals surface area (Å²) in [7, 11) is 0. The molecule has 17 heavy (non-hydrogen) atoms. The van der Waals surface area contributed by atoms with Gasteiger partial charge in [0.15, 0.2) is 0 Å². The molecular weight excluding hydrogens is 234 g/mol. The number of halogens is 1. The number of aliphatic hydroxyl groups is 1. The predicted octanol–water partition coefficient (Wildman–Crippen LogP) is 3.30. The van der Waals surface area contributed by atoms with E-state index in [1.165, 1.54) is 19.3 Å². The second-order valence-electron chi connectivity index (χ2n) is 5.53. The van der Waals surface area contributed by atoms with Gasteiger partial charge < -0.3 is 10.4 Å². The van der Waals surface area contributed by atoms with Crippen molar-refractivity contribution in [1.29, 1.82) is 0 Å². The maximum atomic E-state index is 9.77. The summed E-state index contributed by atoms with van der Waals surface area (Å²) >= 11 is 6.00. The molecule has 0 saturated heterocycles. The van der Waals surface area contributed by atoms with E-state index in [2.05, 4.69) is 5.32 Å². The van der Waals surface area contributed by atoms with E-state index in [1.54, 1.807) is 0 Å². The van der Waals surface area contributed by atoms with Crippen LogP contribution in [0.5, 0.6) is 0 Å². The van der Waals surface area contributed by atoms with Crippen LogP contribution in [0.2, 0.25) is 5.02 Å². The average molecular weight is 252 g/mol. The van der Waals surface area contributed by atoms with Crippen molar-refractivity contribution in [2.75, 3.05) is 11.9 Å². The molecule has 3 rings (SSSR count). The molecule has 0 amide bonds. The SMILES string of the molecule is OCC1(Nc2cccc(Cl)c2)CC2CCC1C2. The van der Waals surface area contributed by atoms with Crippen LogP contribution in [0.25, 0.3) is 0 Å². The normalized spacial score (nSPS) is 35.2. The molecule has 1 aromatic carbocycles. The number of rotatable bonds is 3. The molecule has 0 radical (unpaired) electrons. The molecule has 0 spiro atoms. The summed E-state index contributed by atoms with van der Waals surface area (Å²) in [5.74, 6) is 1.43. The summed E-state index contributed by atoms with van der Waals surface area (Å²) in [6, 6.07) is 7.78. The second-order valence-corrected chi connectivity index (χ2v) is 5.97. The van der Waals surface area contributed by atoms with Crippen LogP contribution in [0.4, 0.5) is 5.69 Å². The smallest absolute Gasteiger partial charge is 0.0664 e. The Morgan fingerprint density at radius 1 is 1.41 bits per heavy atom. The Balaban J connectivity index is 1.83. The van der Waals surface area contributed by atoms with Crippen molar-refractivity contribution in [3.05, 3.63) is 29.3 Å². The fourth-order valence-corrected chi connectivity index (χ4v) is 3.87. The number of fused-ring (bicyclic) bond motifs is 2. The summed E-state index contributed by atoms with van der Waals surface area (Å²) in [5, 5.41) is 14.1. The largest absolute Gasteiger partial charge is 0.394 e. The van der Waals surface area contributed by atoms with E-state index in [1.807, 2.05) is 24.3 Å². The van der Waals surface area contributed by atoms with Crippen LogP contribution < -0.4 is 5.32 Å². The predicted molar refractivity (Wildman–Crippen MR) is 70.3 cm³/mol. The number of benzene rings is 1. The van der Waals surface area contributed by atoms with Gasteiger partial charge in [-0.2, -0.15) is 0 Å². The lowest BCUT2D eigenvalue weighted by atomic mass is 9.81. The van der Waals surface area contributed by atoms with Gasteiger partial charge >= 0.3 is 0 Å². The minimum atomic E-state index is -0.104. The number of nitrogens with one attached hydrogen (secondary N) is 1. The number of aliphatic hydroxyl groups excluding tert-OH is 1. The Morgan fingerprint density at radius 3 is 2.88 bits per heavy atom. The molecular formula is C14H18ClNO. The zero-order valence-corrected chi connectivity index (χ0v) is 10.6. The molecule has 0 heterocycles. The second kappa shape index (κ2) is 4.18. The molecule has 2 aliphatic carbocycles. The first-order chi connectivity index (χ1) is 8.22. The van der Waals surface area contributed by atoms with E-state index < -0.39 is 0 Å². The van der Waals surface area contributed by atoms with Gasteiger partial charge in [-0.15, -0.1) is 0 Å². The highest BCUT2D eigenvalue weighted by molar-refractivity contribution is 6.30. The van der Waals surface area contributed by atoms with Crippen LogP contribution in [0.15, 0.2) is 24.3 Å². The quantitative estimate of drug-likeness (QED) is 0.864. The number of hydrogen-bond acceptors (Lipinski definition) is 2. The average Bonchev–Trinajstić information content (AvgIpc) is 2.89. The van der Waals surface area contributed by atoms with Crippen molar-refractivity contribution in [3.8, 4) is 0 Å². The van der Waals surface area contributed by atoms with Gasteiger partial charge in [0.1, 0.15) is 0 Å². The summed E-state index contributed by atoms with van der Waals surface area (Å²) in [5.41, 5.74) is 0.923. The topological polar surface area (TPSA) is 32.3 Å². The number of hydrogen-bond donors (Lipinski definition) is 2. The first-order valence-corrected chi connectivity index (χ1v) is 6.74. The third kappa shape index (κ3) is 1.94. The van der Waals surface area contributed by atoms with Crippen molar-refractivity contribution in [2.45, 2.75) is 31.2 Å². The first kappa shape index (κ1) is 11.4. The van der Waals surface area contributed by atoms with Crippen LogP contribution >= 0.6 is 11.6 Å². The zero-order valence-electron chi connectivity index (χ0n) is 9.82. The summed E-state index contributed by atoms with van der Waals surface area (Å²) in [6.45, 7) is 0.223. The highest BCUT2D eigenvalue weighted by Gasteiger charge is 2.50. The van der Waals surface area contributed by atoms with E-state index >= 15 is 0 Å². The van der Waals surface area contributed by atoms with Gasteiger partial charge in [0.05, 0.1) is 12.1 Å². The molecule has 2 fully saturated rings. The van der Waals surface area contributed by atoms with Gasteiger partial charge in [0.25, 0.3) is 0 Å². The zero-order chi connectivity index (χ0) is 11.9. The van der Waals surface area contributed by atoms with E-state index in [9.17, 15) is 5.11 Å². The molecule has 3 atom stereocenters. The lowest BCUT2D eigenvalue weighted by Gasteiger charge is -2.38. The van der Waals surface area contributed by atoms with Crippen molar-refractivity contribution in [3.63, 3.8) is 0 Å². The van der Waals surface area contributed by atoms with E-state index in [4.69, 9.17) is 11.6 Å². The van der Waals surface area contributed by atoms with Gasteiger partial charge in [-0.05, 0) is 55.7 Å². The van der Waals surface area contributed by atoms with Gasteiger partial charge in [-0.3, -0.25) is 0 Å². The lowest BCUT2D eigenvalue weighted by molar-refractivity contribution is 0.159. The molecule has 92 valence electrons. The van der Waals surface area contributed by atoms with Crippen LogP contribution in [-0.4, -0.2) is 17.3 Å². The highest BCUT2D eigenvalue weighted by Crippen LogP contribution is 2.51. The minimum absolute atomic E-state index is 0.104. The minimum Gasteiger partial charge on any atom is -0.394 e. The fourth-order valence-electron chi connectivity index (χ4n) is 3.68. The molecule has 2 aliphatic rings. The molecule has 2 bridgehead atoms. The molecule has 3 heteroatoms. The van der Waals surface area contributed by atoms with Gasteiger partial charge in [0.2, 0.25) is 0 Å². The van der Waals surface area contributed by atoms with Crippen molar-refractivity contribution >= 4 is 17.3 Å². The monoisotopic (exact) mass is 251 g/mol. The van der Waals surface area contributed by atoms with Crippen LogP contribution in [0.1, 0.15) is 25.7 Å². The number of anilines is 1. The molecule has 1 aromatic rings. The third-order valence-electron chi connectivity index (χ3n) is 4.48. The Labute approximate surface area is 107 Å². The van der Waals surface area contributed by atoms with Crippen molar-refractivity contribution in [2.24, 2.45) is 11.8 Å². The van der Waals surface area contributed by atoms with Crippen LogP contribution in [-0.2, 0) is 0 Å². The standard InChI is InChI=1S/C14H18ClNO/c15-12-2-1-3-13(7-12)16-14(9-17)8-10-4-5-11(14)6-10/h1-3,7,10-11,16-17H,4-6,8-9H2.